The first-order valence-corrected chi connectivity index (χ1v) is 10.5. The number of hydrogen-bond donors (Lipinski definition) is 1. The Kier molecular flexibility index (Phi) is 5.91. The molecule has 1 saturated heterocycles. The number of benzene rings is 2. The van der Waals surface area contributed by atoms with E-state index in [1.54, 1.807) is 61.5 Å². The van der Waals surface area contributed by atoms with Crippen molar-refractivity contribution in [3.63, 3.8) is 0 Å². The molecule has 8 nitrogen and oxygen atoms in total. The summed E-state index contributed by atoms with van der Waals surface area (Å²) in [6.07, 6.45) is -0.00812. The summed E-state index contributed by atoms with van der Waals surface area (Å²) >= 11 is 0. The van der Waals surface area contributed by atoms with Crippen molar-refractivity contribution in [3.05, 3.63) is 77.1 Å². The maximum atomic E-state index is 13.2. The van der Waals surface area contributed by atoms with Crippen LogP contribution in [0.3, 0.4) is 0 Å². The number of aromatic nitrogens is 1. The fraction of sp³-hybridized carbons (Fsp3) is 0.240. The fourth-order valence-corrected chi connectivity index (χ4v) is 3.84. The number of methoxy groups -OCH3 is 1. The second-order valence-corrected chi connectivity index (χ2v) is 7.90. The van der Waals surface area contributed by atoms with Gasteiger partial charge < -0.3 is 19.1 Å². The van der Waals surface area contributed by atoms with Gasteiger partial charge in [-0.15, -0.1) is 0 Å². The standard InChI is InChI=1S/C25H24N2O6/c1-14(2)32-17-11-9-16(10-12-17)23(28)21-22(18-7-5-6-8-19(18)31-4)27(25(30)24(21)29)20-13-15(3)33-26-20/h5-14,22,28H,1-4H3. The molecule has 4 rings (SSSR count). The number of ketones is 1. The Labute approximate surface area is 191 Å². The number of amides is 1. The summed E-state index contributed by atoms with van der Waals surface area (Å²) in [5.74, 6) is -0.214. The number of carbonyl (C=O) groups excluding carboxylic acids is 2. The molecule has 0 saturated carbocycles. The minimum atomic E-state index is -0.961. The third-order valence-electron chi connectivity index (χ3n) is 5.24. The van der Waals surface area contributed by atoms with Gasteiger partial charge in [0.25, 0.3) is 5.78 Å². The number of ether oxygens (including phenoxy) is 2. The third-order valence-corrected chi connectivity index (χ3v) is 5.24. The van der Waals surface area contributed by atoms with E-state index in [-0.39, 0.29) is 23.3 Å². The molecule has 1 N–H and O–H groups in total. The van der Waals surface area contributed by atoms with E-state index < -0.39 is 17.7 Å². The van der Waals surface area contributed by atoms with E-state index in [0.29, 0.717) is 28.4 Å². The fourth-order valence-electron chi connectivity index (χ4n) is 3.84. The zero-order valence-corrected chi connectivity index (χ0v) is 18.7. The molecule has 0 bridgehead atoms. The Hall–Kier alpha value is -4.07. The summed E-state index contributed by atoms with van der Waals surface area (Å²) in [7, 11) is 1.50. The monoisotopic (exact) mass is 448 g/mol. The van der Waals surface area contributed by atoms with Gasteiger partial charge in [0.1, 0.15) is 29.1 Å². The molecule has 1 aliphatic rings. The summed E-state index contributed by atoms with van der Waals surface area (Å²) in [6.45, 7) is 5.51. The summed E-state index contributed by atoms with van der Waals surface area (Å²) in [6, 6.07) is 14.3. The molecule has 1 atom stereocenters. The zero-order chi connectivity index (χ0) is 23.7. The molecule has 1 fully saturated rings. The van der Waals surface area contributed by atoms with Crippen LogP contribution in [0.2, 0.25) is 0 Å². The van der Waals surface area contributed by atoms with E-state index in [4.69, 9.17) is 14.0 Å². The van der Waals surface area contributed by atoms with Gasteiger partial charge in [-0.25, -0.2) is 0 Å². The van der Waals surface area contributed by atoms with Crippen molar-refractivity contribution in [1.29, 1.82) is 0 Å². The lowest BCUT2D eigenvalue weighted by atomic mass is 9.94. The van der Waals surface area contributed by atoms with Gasteiger partial charge in [-0.1, -0.05) is 23.4 Å². The van der Waals surface area contributed by atoms with Crippen LogP contribution in [0.1, 0.15) is 36.8 Å². The summed E-state index contributed by atoms with van der Waals surface area (Å²) < 4.78 is 16.3. The SMILES string of the molecule is COc1ccccc1C1C(=C(O)c2ccc(OC(C)C)cc2)C(=O)C(=O)N1c1cc(C)on1. The predicted octanol–water partition coefficient (Wildman–Crippen LogP) is 4.41. The van der Waals surface area contributed by atoms with E-state index >= 15 is 0 Å². The number of nitrogens with zero attached hydrogens (tertiary/aromatic N) is 2. The van der Waals surface area contributed by atoms with Crippen LogP contribution in [0.15, 0.2) is 64.7 Å². The molecule has 1 unspecified atom stereocenters. The van der Waals surface area contributed by atoms with Crippen molar-refractivity contribution in [2.45, 2.75) is 32.9 Å². The van der Waals surface area contributed by atoms with Gasteiger partial charge in [0.15, 0.2) is 5.82 Å². The molecule has 8 heteroatoms. The van der Waals surface area contributed by atoms with Crippen LogP contribution in [0.25, 0.3) is 5.76 Å². The van der Waals surface area contributed by atoms with Gasteiger partial charge in [0.05, 0.1) is 18.8 Å². The molecule has 0 radical (unpaired) electrons. The van der Waals surface area contributed by atoms with Crippen LogP contribution in [0, 0.1) is 6.92 Å². The number of aliphatic hydroxyl groups excluding tert-OH is 1. The molecule has 1 amide bonds. The maximum Gasteiger partial charge on any atom is 0.301 e. The van der Waals surface area contributed by atoms with Crippen LogP contribution in [0.5, 0.6) is 11.5 Å². The number of Topliss-reactive ketones (excluding diaryl/α,β-unsaturated/α-hetero) is 1. The van der Waals surface area contributed by atoms with Crippen molar-refractivity contribution in [1.82, 2.24) is 5.16 Å². The molecule has 170 valence electrons. The highest BCUT2D eigenvalue weighted by Gasteiger charge is 2.49. The molecule has 0 spiro atoms. The number of aliphatic hydroxyl groups is 1. The first kappa shape index (κ1) is 22.1. The van der Waals surface area contributed by atoms with E-state index in [1.165, 1.54) is 12.0 Å². The van der Waals surface area contributed by atoms with E-state index in [0.717, 1.165) is 0 Å². The number of carbonyl (C=O) groups is 2. The molecule has 3 aromatic rings. The summed E-state index contributed by atoms with van der Waals surface area (Å²) in [5, 5.41) is 15.1. The molecule has 33 heavy (non-hydrogen) atoms. The van der Waals surface area contributed by atoms with E-state index in [2.05, 4.69) is 5.16 Å². The van der Waals surface area contributed by atoms with Crippen molar-refractivity contribution in [2.24, 2.45) is 0 Å². The van der Waals surface area contributed by atoms with Gasteiger partial charge in [-0.05, 0) is 51.1 Å². The average molecular weight is 448 g/mol. The Bertz CT molecular complexity index is 1230. The van der Waals surface area contributed by atoms with Gasteiger partial charge in [0, 0.05) is 17.2 Å². The Morgan fingerprint density at radius 1 is 1.12 bits per heavy atom. The van der Waals surface area contributed by atoms with Gasteiger partial charge in [-0.2, -0.15) is 0 Å². The normalized spacial score (nSPS) is 17.6. The lowest BCUT2D eigenvalue weighted by molar-refractivity contribution is -0.132. The summed E-state index contributed by atoms with van der Waals surface area (Å²) in [4.78, 5) is 27.5. The first-order valence-electron chi connectivity index (χ1n) is 10.5. The molecule has 0 aliphatic carbocycles. The quantitative estimate of drug-likeness (QED) is 0.339. The lowest BCUT2D eigenvalue weighted by Gasteiger charge is -2.24. The lowest BCUT2D eigenvalue weighted by Crippen LogP contribution is -2.29. The Morgan fingerprint density at radius 2 is 1.82 bits per heavy atom. The number of para-hydroxylation sites is 1. The first-order chi connectivity index (χ1) is 15.8. The van der Waals surface area contributed by atoms with Gasteiger partial charge in [-0.3, -0.25) is 14.5 Å². The van der Waals surface area contributed by atoms with E-state index in [9.17, 15) is 14.7 Å². The van der Waals surface area contributed by atoms with Crippen molar-refractivity contribution in [2.75, 3.05) is 12.0 Å². The van der Waals surface area contributed by atoms with Crippen molar-refractivity contribution < 1.29 is 28.7 Å². The molecule has 1 aliphatic heterocycles. The van der Waals surface area contributed by atoms with Crippen LogP contribution in [-0.2, 0) is 9.59 Å². The van der Waals surface area contributed by atoms with Gasteiger partial charge >= 0.3 is 5.91 Å². The number of anilines is 1. The van der Waals surface area contributed by atoms with Gasteiger partial charge in [0.2, 0.25) is 0 Å². The number of hydrogen-bond acceptors (Lipinski definition) is 7. The Morgan fingerprint density at radius 3 is 2.42 bits per heavy atom. The highest BCUT2D eigenvalue weighted by atomic mass is 16.5. The zero-order valence-electron chi connectivity index (χ0n) is 18.7. The smallest absolute Gasteiger partial charge is 0.301 e. The van der Waals surface area contributed by atoms with Crippen LogP contribution in [-0.4, -0.2) is 35.2 Å². The molecular formula is C25H24N2O6. The average Bonchev–Trinajstić information content (AvgIpc) is 3.34. The maximum absolute atomic E-state index is 13.2. The Balaban J connectivity index is 1.89. The molecule has 2 aromatic carbocycles. The second kappa shape index (κ2) is 8.82. The minimum absolute atomic E-state index is 0.00812. The topological polar surface area (TPSA) is 102 Å². The number of aryl methyl sites for hydroxylation is 1. The highest BCUT2D eigenvalue weighted by Crippen LogP contribution is 2.44. The second-order valence-electron chi connectivity index (χ2n) is 7.90. The van der Waals surface area contributed by atoms with Crippen molar-refractivity contribution >= 4 is 23.3 Å². The van der Waals surface area contributed by atoms with Crippen LogP contribution in [0.4, 0.5) is 5.82 Å². The van der Waals surface area contributed by atoms with Crippen LogP contribution < -0.4 is 14.4 Å². The van der Waals surface area contributed by atoms with E-state index in [1.807, 2.05) is 13.8 Å². The molecular weight excluding hydrogens is 424 g/mol. The highest BCUT2D eigenvalue weighted by molar-refractivity contribution is 6.51. The molecule has 2 heterocycles. The third kappa shape index (κ3) is 4.07. The summed E-state index contributed by atoms with van der Waals surface area (Å²) in [5.41, 5.74) is 0.837. The molecule has 1 aromatic heterocycles. The largest absolute Gasteiger partial charge is 0.507 e. The van der Waals surface area contributed by atoms with Crippen molar-refractivity contribution in [3.8, 4) is 11.5 Å². The predicted molar refractivity (Wildman–Crippen MR) is 121 cm³/mol. The minimum Gasteiger partial charge on any atom is -0.507 e. The number of rotatable bonds is 6. The van der Waals surface area contributed by atoms with Crippen LogP contribution >= 0.6 is 0 Å².